The van der Waals surface area contributed by atoms with Crippen LogP contribution in [0.4, 0.5) is 11.8 Å². The van der Waals surface area contributed by atoms with Gasteiger partial charge in [0.25, 0.3) is 5.91 Å². The average molecular weight is 319 g/mol. The second-order valence-corrected chi connectivity index (χ2v) is 6.75. The lowest BCUT2D eigenvalue weighted by atomic mass is 9.93. The SMILES string of the molecule is C[C@@H](Nc1nc(N[C@@H]2CCC[C@H](O)C2)ncc1C(N)=O)C1CC1. The fraction of sp³-hybridized carbons (Fsp3) is 0.688. The largest absolute Gasteiger partial charge is 0.393 e. The van der Waals surface area contributed by atoms with Crippen LogP contribution in [0.2, 0.25) is 0 Å². The molecule has 0 unspecified atom stereocenters. The maximum absolute atomic E-state index is 11.6. The van der Waals surface area contributed by atoms with Gasteiger partial charge in [0.05, 0.1) is 11.7 Å². The molecule has 0 aliphatic heterocycles. The van der Waals surface area contributed by atoms with Crippen molar-refractivity contribution in [3.05, 3.63) is 11.8 Å². The Morgan fingerprint density at radius 3 is 2.83 bits per heavy atom. The third-order valence-electron chi connectivity index (χ3n) is 4.73. The predicted octanol–water partition coefficient (Wildman–Crippen LogP) is 1.50. The summed E-state index contributed by atoms with van der Waals surface area (Å²) in [4.78, 5) is 20.2. The molecule has 5 N–H and O–H groups in total. The molecule has 126 valence electrons. The van der Waals surface area contributed by atoms with Crippen molar-refractivity contribution in [3.8, 4) is 0 Å². The summed E-state index contributed by atoms with van der Waals surface area (Å²) in [6.07, 6.45) is 7.14. The van der Waals surface area contributed by atoms with Crippen LogP contribution in [-0.2, 0) is 0 Å². The van der Waals surface area contributed by atoms with Crippen molar-refractivity contribution < 1.29 is 9.90 Å². The molecule has 23 heavy (non-hydrogen) atoms. The van der Waals surface area contributed by atoms with Gasteiger partial charge < -0.3 is 21.5 Å². The van der Waals surface area contributed by atoms with E-state index in [0.717, 1.165) is 19.3 Å². The van der Waals surface area contributed by atoms with E-state index in [4.69, 9.17) is 5.73 Å². The van der Waals surface area contributed by atoms with Crippen molar-refractivity contribution in [1.82, 2.24) is 9.97 Å². The predicted molar refractivity (Wildman–Crippen MR) is 88.2 cm³/mol. The lowest BCUT2D eigenvalue weighted by molar-refractivity contribution is 0.100. The lowest BCUT2D eigenvalue weighted by Gasteiger charge is -2.27. The summed E-state index contributed by atoms with van der Waals surface area (Å²) in [7, 11) is 0. The van der Waals surface area contributed by atoms with Crippen molar-refractivity contribution in [1.29, 1.82) is 0 Å². The van der Waals surface area contributed by atoms with E-state index in [2.05, 4.69) is 27.5 Å². The summed E-state index contributed by atoms with van der Waals surface area (Å²) in [5, 5.41) is 16.3. The number of nitrogens with two attached hydrogens (primary N) is 1. The van der Waals surface area contributed by atoms with Gasteiger partial charge in [0, 0.05) is 18.3 Å². The molecule has 0 spiro atoms. The number of amides is 1. The van der Waals surface area contributed by atoms with Crippen molar-refractivity contribution in [3.63, 3.8) is 0 Å². The van der Waals surface area contributed by atoms with E-state index in [1.165, 1.54) is 19.0 Å². The third-order valence-corrected chi connectivity index (χ3v) is 4.73. The number of carbonyl (C=O) groups is 1. The van der Waals surface area contributed by atoms with Crippen LogP contribution in [0.3, 0.4) is 0 Å². The van der Waals surface area contributed by atoms with E-state index >= 15 is 0 Å². The van der Waals surface area contributed by atoms with Gasteiger partial charge >= 0.3 is 0 Å². The molecule has 3 atom stereocenters. The molecule has 7 nitrogen and oxygen atoms in total. The van der Waals surface area contributed by atoms with Gasteiger partial charge in [0.2, 0.25) is 5.95 Å². The zero-order valence-electron chi connectivity index (χ0n) is 13.5. The number of nitrogens with one attached hydrogen (secondary N) is 2. The molecule has 1 amide bonds. The van der Waals surface area contributed by atoms with Crippen LogP contribution in [0.5, 0.6) is 0 Å². The molecule has 2 aliphatic rings. The van der Waals surface area contributed by atoms with Gasteiger partial charge in [0.15, 0.2) is 0 Å². The van der Waals surface area contributed by atoms with Gasteiger partial charge in [-0.25, -0.2) is 4.98 Å². The zero-order chi connectivity index (χ0) is 16.4. The minimum absolute atomic E-state index is 0.159. The smallest absolute Gasteiger partial charge is 0.254 e. The van der Waals surface area contributed by atoms with E-state index in [9.17, 15) is 9.90 Å². The number of hydrogen-bond donors (Lipinski definition) is 4. The number of aliphatic hydroxyl groups excluding tert-OH is 1. The fourth-order valence-electron chi connectivity index (χ4n) is 3.15. The van der Waals surface area contributed by atoms with Crippen molar-refractivity contribution in [2.45, 2.75) is 63.6 Å². The molecule has 7 heteroatoms. The van der Waals surface area contributed by atoms with Gasteiger partial charge in [0.1, 0.15) is 5.82 Å². The van der Waals surface area contributed by atoms with E-state index in [0.29, 0.717) is 29.7 Å². The van der Waals surface area contributed by atoms with Crippen LogP contribution in [0, 0.1) is 5.92 Å². The Bertz CT molecular complexity index is 576. The maximum Gasteiger partial charge on any atom is 0.254 e. The maximum atomic E-state index is 11.6. The molecule has 0 radical (unpaired) electrons. The minimum atomic E-state index is -0.532. The molecular formula is C16H25N5O2. The van der Waals surface area contributed by atoms with Crippen LogP contribution in [0.15, 0.2) is 6.20 Å². The molecule has 3 rings (SSSR count). The van der Waals surface area contributed by atoms with E-state index < -0.39 is 5.91 Å². The standard InChI is InChI=1S/C16H25N5O2/c1-9(10-5-6-10)19-15-13(14(17)23)8-18-16(21-15)20-11-3-2-4-12(22)7-11/h8-12,22H,2-7H2,1H3,(H2,17,23)(H2,18,19,20,21)/t9-,11-,12+/m1/s1. The summed E-state index contributed by atoms with van der Waals surface area (Å²) in [6.45, 7) is 2.09. The average Bonchev–Trinajstić information content (AvgIpc) is 3.31. The first-order valence-electron chi connectivity index (χ1n) is 8.41. The first-order chi connectivity index (χ1) is 11.0. The lowest BCUT2D eigenvalue weighted by Crippen LogP contribution is -2.31. The van der Waals surface area contributed by atoms with Crippen LogP contribution in [0.1, 0.15) is 55.8 Å². The number of rotatable bonds is 6. The third kappa shape index (κ3) is 4.10. The Morgan fingerprint density at radius 1 is 1.39 bits per heavy atom. The van der Waals surface area contributed by atoms with Crippen molar-refractivity contribution in [2.75, 3.05) is 10.6 Å². The molecule has 1 aromatic heterocycles. The Morgan fingerprint density at radius 2 is 2.17 bits per heavy atom. The number of anilines is 2. The summed E-state index contributed by atoms with van der Waals surface area (Å²) >= 11 is 0. The van der Waals surface area contributed by atoms with Crippen LogP contribution in [0.25, 0.3) is 0 Å². The highest BCUT2D eigenvalue weighted by Gasteiger charge is 2.29. The van der Waals surface area contributed by atoms with Crippen LogP contribution >= 0.6 is 0 Å². The molecule has 0 bridgehead atoms. The highest BCUT2D eigenvalue weighted by molar-refractivity contribution is 5.97. The molecule has 0 aromatic carbocycles. The number of hydrogen-bond acceptors (Lipinski definition) is 6. The van der Waals surface area contributed by atoms with E-state index in [1.54, 1.807) is 0 Å². The molecule has 2 aliphatic carbocycles. The highest BCUT2D eigenvalue weighted by Crippen LogP contribution is 2.34. The summed E-state index contributed by atoms with van der Waals surface area (Å²) < 4.78 is 0. The minimum Gasteiger partial charge on any atom is -0.393 e. The van der Waals surface area contributed by atoms with Crippen LogP contribution < -0.4 is 16.4 Å². The Balaban J connectivity index is 1.74. The highest BCUT2D eigenvalue weighted by atomic mass is 16.3. The zero-order valence-corrected chi connectivity index (χ0v) is 13.5. The van der Waals surface area contributed by atoms with Crippen molar-refractivity contribution in [2.24, 2.45) is 11.7 Å². The summed E-state index contributed by atoms with van der Waals surface area (Å²) in [6, 6.07) is 0.416. The molecule has 2 fully saturated rings. The number of aromatic nitrogens is 2. The Hall–Kier alpha value is -1.89. The van der Waals surface area contributed by atoms with E-state index in [1.807, 2.05) is 0 Å². The summed E-state index contributed by atoms with van der Waals surface area (Å²) in [5.41, 5.74) is 5.73. The van der Waals surface area contributed by atoms with Gasteiger partial charge in [-0.15, -0.1) is 0 Å². The monoisotopic (exact) mass is 319 g/mol. The Labute approximate surface area is 136 Å². The van der Waals surface area contributed by atoms with E-state index in [-0.39, 0.29) is 18.2 Å². The van der Waals surface area contributed by atoms with Gasteiger partial charge in [-0.05, 0) is 51.4 Å². The van der Waals surface area contributed by atoms with Crippen LogP contribution in [-0.4, -0.2) is 39.2 Å². The van der Waals surface area contributed by atoms with Gasteiger partial charge in [-0.2, -0.15) is 4.98 Å². The Kier molecular flexibility index (Phi) is 4.66. The molecule has 0 saturated heterocycles. The number of nitrogens with zero attached hydrogens (tertiary/aromatic N) is 2. The van der Waals surface area contributed by atoms with Crippen molar-refractivity contribution >= 4 is 17.7 Å². The quantitative estimate of drug-likeness (QED) is 0.632. The molecule has 1 heterocycles. The molecule has 1 aromatic rings. The molecular weight excluding hydrogens is 294 g/mol. The summed E-state index contributed by atoms with van der Waals surface area (Å²) in [5.74, 6) is 1.07. The second-order valence-electron chi connectivity index (χ2n) is 6.75. The normalized spacial score (nSPS) is 25.7. The first kappa shape index (κ1) is 16.0. The fourth-order valence-corrected chi connectivity index (χ4v) is 3.15. The first-order valence-corrected chi connectivity index (χ1v) is 8.41. The van der Waals surface area contributed by atoms with Gasteiger partial charge in [-0.1, -0.05) is 0 Å². The van der Waals surface area contributed by atoms with Gasteiger partial charge in [-0.3, -0.25) is 4.79 Å². The molecule has 2 saturated carbocycles. The topological polar surface area (TPSA) is 113 Å². The number of carbonyl (C=O) groups excluding carboxylic acids is 1. The second kappa shape index (κ2) is 6.70. The number of aliphatic hydroxyl groups is 1. The number of primary amides is 1.